The van der Waals surface area contributed by atoms with Crippen molar-refractivity contribution < 1.29 is 4.39 Å². The van der Waals surface area contributed by atoms with E-state index >= 15 is 0 Å². The topological polar surface area (TPSA) is 52.0 Å². The molecule has 0 fully saturated rings. The van der Waals surface area contributed by atoms with Crippen molar-refractivity contribution in [1.29, 1.82) is 0 Å². The van der Waals surface area contributed by atoms with Crippen molar-refractivity contribution in [3.05, 3.63) is 50.6 Å². The van der Waals surface area contributed by atoms with Gasteiger partial charge in [0.2, 0.25) is 11.9 Å². The van der Waals surface area contributed by atoms with E-state index in [4.69, 9.17) is 0 Å². The lowest BCUT2D eigenvalue weighted by atomic mass is 10.3. The van der Waals surface area contributed by atoms with Gasteiger partial charge in [0, 0.05) is 26.1 Å². The van der Waals surface area contributed by atoms with Gasteiger partial charge in [-0.15, -0.1) is 26.3 Å². The summed E-state index contributed by atoms with van der Waals surface area (Å²) >= 11 is 0. The third-order valence-electron chi connectivity index (χ3n) is 2.61. The molecule has 6 heteroatoms. The first kappa shape index (κ1) is 16.7. The summed E-state index contributed by atoms with van der Waals surface area (Å²) in [5.41, 5.74) is 0. The summed E-state index contributed by atoms with van der Waals surface area (Å²) in [5.74, 6) is -1.38. The number of guanidine groups is 2. The maximum atomic E-state index is 14.7. The summed E-state index contributed by atoms with van der Waals surface area (Å²) < 4.78 is 14.7. The number of halogens is 1. The zero-order valence-corrected chi connectivity index (χ0v) is 12.2. The van der Waals surface area contributed by atoms with Gasteiger partial charge in [-0.1, -0.05) is 24.3 Å². The molecule has 5 nitrogen and oxygen atoms in total. The van der Waals surface area contributed by atoms with Crippen molar-refractivity contribution in [2.24, 2.45) is 9.98 Å². The van der Waals surface area contributed by atoms with E-state index in [9.17, 15) is 4.39 Å². The molecule has 0 bridgehead atoms. The van der Waals surface area contributed by atoms with Gasteiger partial charge in [-0.3, -0.25) is 0 Å². The van der Waals surface area contributed by atoms with Gasteiger partial charge in [0.05, 0.1) is 0 Å². The van der Waals surface area contributed by atoms with E-state index in [2.05, 4.69) is 46.9 Å². The number of rotatable bonds is 8. The molecule has 0 aromatic rings. The van der Waals surface area contributed by atoms with Crippen molar-refractivity contribution in [2.75, 3.05) is 19.6 Å². The highest BCUT2D eigenvalue weighted by Gasteiger charge is 2.33. The zero-order valence-electron chi connectivity index (χ0n) is 12.2. The summed E-state index contributed by atoms with van der Waals surface area (Å²) in [6.45, 7) is 16.0. The number of hydrogen-bond acceptors (Lipinski definition) is 5. The van der Waals surface area contributed by atoms with Crippen LogP contribution in [0.1, 0.15) is 6.42 Å². The fourth-order valence-corrected chi connectivity index (χ4v) is 1.75. The van der Waals surface area contributed by atoms with Crippen molar-refractivity contribution in [2.45, 2.75) is 12.3 Å². The number of hydrogen-bond donors (Lipinski definition) is 2. The van der Waals surface area contributed by atoms with Gasteiger partial charge in [0.1, 0.15) is 0 Å². The Hall–Kier alpha value is -2.37. The fraction of sp³-hybridized carbons (Fsp3) is 0.333. The minimum absolute atomic E-state index is 0.0291. The molecule has 0 aliphatic carbocycles. The largest absolute Gasteiger partial charge is 0.352 e. The van der Waals surface area contributed by atoms with Crippen LogP contribution in [-0.4, -0.2) is 42.4 Å². The Morgan fingerprint density at radius 2 is 1.81 bits per heavy atom. The average Bonchev–Trinajstić information content (AvgIpc) is 2.44. The van der Waals surface area contributed by atoms with Crippen molar-refractivity contribution in [3.8, 4) is 0 Å². The Labute approximate surface area is 125 Å². The monoisotopic (exact) mass is 291 g/mol. The molecule has 0 radical (unpaired) electrons. The maximum Gasteiger partial charge on any atom is 0.283 e. The number of nitrogens with one attached hydrogen (secondary N) is 2. The highest BCUT2D eigenvalue weighted by molar-refractivity contribution is 5.97. The molecule has 1 atom stereocenters. The van der Waals surface area contributed by atoms with Crippen LogP contribution in [0.5, 0.6) is 0 Å². The fourth-order valence-electron chi connectivity index (χ4n) is 1.75. The first-order valence-corrected chi connectivity index (χ1v) is 6.66. The maximum absolute atomic E-state index is 14.7. The van der Waals surface area contributed by atoms with Gasteiger partial charge in [0.25, 0.3) is 5.92 Å². The SMILES string of the molecule is C=CCNC1=NC(N(CC=C)CC=C)=NC(F)(CC=C)N1. The Morgan fingerprint density at radius 1 is 1.14 bits per heavy atom. The second-order valence-corrected chi connectivity index (χ2v) is 4.40. The third-order valence-corrected chi connectivity index (χ3v) is 2.61. The van der Waals surface area contributed by atoms with Crippen LogP contribution in [0.15, 0.2) is 60.6 Å². The molecule has 1 heterocycles. The van der Waals surface area contributed by atoms with Gasteiger partial charge >= 0.3 is 0 Å². The normalized spacial score (nSPS) is 20.4. The van der Waals surface area contributed by atoms with Crippen molar-refractivity contribution in [3.63, 3.8) is 0 Å². The summed E-state index contributed by atoms with van der Waals surface area (Å²) in [4.78, 5) is 10.1. The summed E-state index contributed by atoms with van der Waals surface area (Å²) in [5, 5.41) is 5.56. The standard InChI is InChI=1S/C15H22FN5/c1-5-9-15(16)19-13(17-10-6-2)18-14(20-15)21(11-7-3)12-8-4/h5-8H,1-4,9-12H2,(H2,17,18,19,20). The number of alkyl halides is 1. The van der Waals surface area contributed by atoms with Crippen LogP contribution in [-0.2, 0) is 0 Å². The number of nitrogens with zero attached hydrogens (tertiary/aromatic N) is 3. The van der Waals surface area contributed by atoms with Gasteiger partial charge in [-0.2, -0.15) is 14.4 Å². The molecule has 1 rings (SSSR count). The lowest BCUT2D eigenvalue weighted by molar-refractivity contribution is 0.152. The molecule has 114 valence electrons. The predicted octanol–water partition coefficient (Wildman–Crippen LogP) is 1.95. The van der Waals surface area contributed by atoms with E-state index in [1.807, 2.05) is 0 Å². The smallest absolute Gasteiger partial charge is 0.283 e. The summed E-state index contributed by atoms with van der Waals surface area (Å²) in [6, 6.07) is 0. The van der Waals surface area contributed by atoms with E-state index in [1.165, 1.54) is 6.08 Å². The molecule has 2 N–H and O–H groups in total. The minimum Gasteiger partial charge on any atom is -0.352 e. The summed E-state index contributed by atoms with van der Waals surface area (Å²) in [7, 11) is 0. The molecule has 21 heavy (non-hydrogen) atoms. The van der Waals surface area contributed by atoms with Gasteiger partial charge in [-0.25, -0.2) is 0 Å². The molecule has 0 aromatic heterocycles. The molecule has 0 saturated carbocycles. The molecule has 1 aliphatic rings. The van der Waals surface area contributed by atoms with E-state index in [0.717, 1.165) is 0 Å². The molecule has 0 saturated heterocycles. The first-order chi connectivity index (χ1) is 10.1. The summed E-state index contributed by atoms with van der Waals surface area (Å²) in [6.07, 6.45) is 6.56. The van der Waals surface area contributed by atoms with Crippen LogP contribution in [0.25, 0.3) is 0 Å². The Kier molecular flexibility index (Phi) is 6.39. The van der Waals surface area contributed by atoms with Crippen LogP contribution in [0, 0.1) is 0 Å². The number of aliphatic imine (C=N–C) groups is 2. The minimum atomic E-state index is -1.97. The van der Waals surface area contributed by atoms with Crippen LogP contribution >= 0.6 is 0 Å². The Morgan fingerprint density at radius 3 is 2.33 bits per heavy atom. The molecule has 0 aromatic carbocycles. The quantitative estimate of drug-likeness (QED) is 0.531. The van der Waals surface area contributed by atoms with E-state index in [0.29, 0.717) is 25.6 Å². The van der Waals surface area contributed by atoms with Crippen LogP contribution in [0.3, 0.4) is 0 Å². The highest BCUT2D eigenvalue weighted by Crippen LogP contribution is 2.19. The zero-order chi connectivity index (χ0) is 15.7. The lowest BCUT2D eigenvalue weighted by Crippen LogP contribution is -2.54. The lowest BCUT2D eigenvalue weighted by Gasteiger charge is -2.31. The van der Waals surface area contributed by atoms with Gasteiger partial charge in [-0.05, 0) is 0 Å². The van der Waals surface area contributed by atoms with E-state index in [-0.39, 0.29) is 12.4 Å². The molecule has 0 spiro atoms. The van der Waals surface area contributed by atoms with Crippen LogP contribution in [0.2, 0.25) is 0 Å². The molecule has 0 amide bonds. The van der Waals surface area contributed by atoms with Crippen LogP contribution < -0.4 is 10.6 Å². The van der Waals surface area contributed by atoms with Gasteiger partial charge < -0.3 is 15.5 Å². The van der Waals surface area contributed by atoms with Gasteiger partial charge in [0.15, 0.2) is 0 Å². The second-order valence-electron chi connectivity index (χ2n) is 4.40. The van der Waals surface area contributed by atoms with Crippen molar-refractivity contribution >= 4 is 11.9 Å². The van der Waals surface area contributed by atoms with E-state index < -0.39 is 5.92 Å². The predicted molar refractivity (Wildman–Crippen MR) is 86.8 cm³/mol. The first-order valence-electron chi connectivity index (χ1n) is 6.66. The molecule has 1 unspecified atom stereocenters. The Bertz CT molecular complexity index is 459. The Balaban J connectivity index is 3.07. The molecule has 1 aliphatic heterocycles. The molecular formula is C15H22FN5. The average molecular weight is 291 g/mol. The van der Waals surface area contributed by atoms with Crippen LogP contribution in [0.4, 0.5) is 4.39 Å². The molecular weight excluding hydrogens is 269 g/mol. The highest BCUT2D eigenvalue weighted by atomic mass is 19.1. The van der Waals surface area contributed by atoms with E-state index in [1.54, 1.807) is 23.1 Å². The second kappa shape index (κ2) is 8.04. The van der Waals surface area contributed by atoms with Crippen molar-refractivity contribution in [1.82, 2.24) is 15.5 Å². The third kappa shape index (κ3) is 4.91.